The molecule has 1 rings (SSSR count). The number of aliphatic carboxylic acids is 1. The molecule has 1 heterocycles. The Labute approximate surface area is 114 Å². The maximum absolute atomic E-state index is 10.8. The molecule has 0 bridgehead atoms. The molecular weight excluding hydrogens is 256 g/mol. The van der Waals surface area contributed by atoms with Gasteiger partial charge >= 0.3 is 5.97 Å². The van der Waals surface area contributed by atoms with Crippen molar-refractivity contribution in [1.29, 1.82) is 0 Å². The average molecular weight is 277 g/mol. The zero-order chi connectivity index (χ0) is 12.8. The first-order valence-corrected chi connectivity index (χ1v) is 5.96. The highest BCUT2D eigenvalue weighted by Crippen LogP contribution is 2.16. The van der Waals surface area contributed by atoms with Crippen molar-refractivity contribution < 1.29 is 14.4 Å². The molecule has 0 fully saturated rings. The van der Waals surface area contributed by atoms with E-state index in [1.54, 1.807) is 0 Å². The van der Waals surface area contributed by atoms with Crippen LogP contribution in [0.15, 0.2) is 4.52 Å². The van der Waals surface area contributed by atoms with E-state index in [-0.39, 0.29) is 19.0 Å². The Morgan fingerprint density at radius 2 is 2.11 bits per heavy atom. The second-order valence-electron chi connectivity index (χ2n) is 4.12. The predicted octanol–water partition coefficient (Wildman–Crippen LogP) is 2.26. The summed E-state index contributed by atoms with van der Waals surface area (Å²) < 4.78 is 5.15. The van der Waals surface area contributed by atoms with Crippen molar-refractivity contribution in [3.63, 3.8) is 0 Å². The molecule has 0 unspecified atom stereocenters. The minimum atomic E-state index is -0.800. The Morgan fingerprint density at radius 1 is 1.44 bits per heavy atom. The first kappa shape index (κ1) is 16.9. The number of aryl methyl sites for hydroxylation is 2. The van der Waals surface area contributed by atoms with Crippen molar-refractivity contribution in [3.8, 4) is 0 Å². The van der Waals surface area contributed by atoms with Crippen LogP contribution in [0.3, 0.4) is 0 Å². The summed E-state index contributed by atoms with van der Waals surface area (Å²) in [6.07, 6.45) is 1.73. The van der Waals surface area contributed by atoms with Crippen LogP contribution < -0.4 is 0 Å². The molecule has 0 atom stereocenters. The third kappa shape index (κ3) is 4.66. The van der Waals surface area contributed by atoms with Crippen LogP contribution in [0.5, 0.6) is 0 Å². The van der Waals surface area contributed by atoms with E-state index >= 15 is 0 Å². The molecule has 1 aromatic heterocycles. The van der Waals surface area contributed by atoms with E-state index in [4.69, 9.17) is 9.63 Å². The lowest BCUT2D eigenvalue weighted by molar-refractivity contribution is -0.138. The van der Waals surface area contributed by atoms with Gasteiger partial charge in [0.1, 0.15) is 5.76 Å². The molecule has 0 spiro atoms. The minimum Gasteiger partial charge on any atom is -0.480 e. The Morgan fingerprint density at radius 3 is 2.61 bits per heavy atom. The maximum Gasteiger partial charge on any atom is 0.317 e. The fourth-order valence-corrected chi connectivity index (χ4v) is 1.86. The topological polar surface area (TPSA) is 66.6 Å². The SMILES string of the molecule is CCCN(CC(=O)O)Cc1c(CC)noc1C.Cl. The molecule has 0 amide bonds. The molecule has 0 aliphatic heterocycles. The van der Waals surface area contributed by atoms with Crippen LogP contribution in [-0.4, -0.2) is 34.2 Å². The predicted molar refractivity (Wildman–Crippen MR) is 71.1 cm³/mol. The summed E-state index contributed by atoms with van der Waals surface area (Å²) in [4.78, 5) is 12.7. The van der Waals surface area contributed by atoms with Gasteiger partial charge in [0.25, 0.3) is 0 Å². The van der Waals surface area contributed by atoms with E-state index in [0.717, 1.165) is 36.4 Å². The van der Waals surface area contributed by atoms with E-state index in [9.17, 15) is 4.79 Å². The first-order chi connectivity index (χ1) is 8.08. The van der Waals surface area contributed by atoms with Crippen molar-refractivity contribution in [1.82, 2.24) is 10.1 Å². The molecule has 0 aliphatic carbocycles. The molecule has 1 N–H and O–H groups in total. The molecule has 6 heteroatoms. The number of aromatic nitrogens is 1. The van der Waals surface area contributed by atoms with Crippen LogP contribution in [0.1, 0.15) is 37.3 Å². The number of hydrogen-bond acceptors (Lipinski definition) is 4. The van der Waals surface area contributed by atoms with Crippen molar-refractivity contribution in [2.24, 2.45) is 0 Å². The van der Waals surface area contributed by atoms with Crippen molar-refractivity contribution in [2.75, 3.05) is 13.1 Å². The van der Waals surface area contributed by atoms with Gasteiger partial charge in [-0.3, -0.25) is 9.69 Å². The molecule has 5 nitrogen and oxygen atoms in total. The zero-order valence-corrected chi connectivity index (χ0v) is 11.9. The van der Waals surface area contributed by atoms with Crippen LogP contribution in [0.25, 0.3) is 0 Å². The van der Waals surface area contributed by atoms with Crippen molar-refractivity contribution in [2.45, 2.75) is 40.2 Å². The number of carboxylic acids is 1. The molecule has 0 saturated heterocycles. The third-order valence-electron chi connectivity index (χ3n) is 2.68. The number of carboxylic acid groups (broad SMARTS) is 1. The van der Waals surface area contributed by atoms with Crippen LogP contribution in [0.4, 0.5) is 0 Å². The lowest BCUT2D eigenvalue weighted by Gasteiger charge is -2.19. The summed E-state index contributed by atoms with van der Waals surface area (Å²) in [5.41, 5.74) is 1.95. The largest absolute Gasteiger partial charge is 0.480 e. The third-order valence-corrected chi connectivity index (χ3v) is 2.68. The number of rotatable bonds is 7. The molecule has 0 saturated carbocycles. The van der Waals surface area contributed by atoms with Crippen LogP contribution in [-0.2, 0) is 17.8 Å². The van der Waals surface area contributed by atoms with Crippen LogP contribution in [0.2, 0.25) is 0 Å². The number of halogens is 1. The fourth-order valence-electron chi connectivity index (χ4n) is 1.86. The number of hydrogen-bond donors (Lipinski definition) is 1. The maximum atomic E-state index is 10.8. The van der Waals surface area contributed by atoms with Gasteiger partial charge in [-0.1, -0.05) is 19.0 Å². The molecule has 18 heavy (non-hydrogen) atoms. The summed E-state index contributed by atoms with van der Waals surface area (Å²) in [6, 6.07) is 0. The molecular formula is C12H21ClN2O3. The van der Waals surface area contributed by atoms with Crippen molar-refractivity contribution in [3.05, 3.63) is 17.0 Å². The summed E-state index contributed by atoms with van der Waals surface area (Å²) >= 11 is 0. The monoisotopic (exact) mass is 276 g/mol. The molecule has 0 radical (unpaired) electrons. The van der Waals surface area contributed by atoms with Crippen molar-refractivity contribution >= 4 is 18.4 Å². The highest BCUT2D eigenvalue weighted by molar-refractivity contribution is 5.85. The summed E-state index contributed by atoms with van der Waals surface area (Å²) in [5.74, 6) is -0.0149. The van der Waals surface area contributed by atoms with Gasteiger partial charge in [-0.05, 0) is 26.3 Å². The lowest BCUT2D eigenvalue weighted by Crippen LogP contribution is -2.30. The lowest BCUT2D eigenvalue weighted by atomic mass is 10.1. The van der Waals surface area contributed by atoms with E-state index < -0.39 is 5.97 Å². The second kappa shape index (κ2) is 8.11. The number of nitrogens with zero attached hydrogens (tertiary/aromatic N) is 2. The highest BCUT2D eigenvalue weighted by atomic mass is 35.5. The Balaban J connectivity index is 0.00000289. The van der Waals surface area contributed by atoms with E-state index in [0.29, 0.717) is 6.54 Å². The molecule has 0 aromatic carbocycles. The van der Waals surface area contributed by atoms with Gasteiger partial charge in [-0.15, -0.1) is 12.4 Å². The normalized spacial score (nSPS) is 10.4. The first-order valence-electron chi connectivity index (χ1n) is 5.96. The minimum absolute atomic E-state index is 0. The van der Waals surface area contributed by atoms with Gasteiger partial charge in [0.05, 0.1) is 12.2 Å². The molecule has 1 aromatic rings. The Kier molecular flexibility index (Phi) is 7.62. The standard InChI is InChI=1S/C12H20N2O3.ClH/c1-4-6-14(8-12(15)16)7-10-9(3)17-13-11(10)5-2;/h4-8H2,1-3H3,(H,15,16);1H. The zero-order valence-electron chi connectivity index (χ0n) is 11.1. The van der Waals surface area contributed by atoms with E-state index in [1.807, 2.05) is 25.7 Å². The Hall–Kier alpha value is -1.07. The Bertz CT molecular complexity index is 379. The molecule has 0 aliphatic rings. The van der Waals surface area contributed by atoms with E-state index in [2.05, 4.69) is 5.16 Å². The van der Waals surface area contributed by atoms with Gasteiger partial charge in [0.15, 0.2) is 0 Å². The smallest absolute Gasteiger partial charge is 0.317 e. The highest BCUT2D eigenvalue weighted by Gasteiger charge is 2.16. The van der Waals surface area contributed by atoms with E-state index in [1.165, 1.54) is 0 Å². The van der Waals surface area contributed by atoms with Gasteiger partial charge in [0.2, 0.25) is 0 Å². The summed E-state index contributed by atoms with van der Waals surface area (Å²) in [7, 11) is 0. The van der Waals surface area contributed by atoms with Gasteiger partial charge in [-0.2, -0.15) is 0 Å². The van der Waals surface area contributed by atoms with Gasteiger partial charge < -0.3 is 9.63 Å². The quantitative estimate of drug-likeness (QED) is 0.827. The molecule has 104 valence electrons. The summed E-state index contributed by atoms with van der Waals surface area (Å²) in [6.45, 7) is 7.34. The average Bonchev–Trinajstić information content (AvgIpc) is 2.59. The fraction of sp³-hybridized carbons (Fsp3) is 0.667. The van der Waals surface area contributed by atoms with Gasteiger partial charge in [-0.25, -0.2) is 0 Å². The number of carbonyl (C=O) groups is 1. The second-order valence-corrected chi connectivity index (χ2v) is 4.12. The van der Waals surface area contributed by atoms with Crippen LogP contribution >= 0.6 is 12.4 Å². The van der Waals surface area contributed by atoms with Gasteiger partial charge in [0, 0.05) is 12.1 Å². The summed E-state index contributed by atoms with van der Waals surface area (Å²) in [5, 5.41) is 12.8. The van der Waals surface area contributed by atoms with Crippen LogP contribution in [0, 0.1) is 6.92 Å².